The maximum Gasteiger partial charge on any atom is 0.402 e. The number of sulfonamides is 1. The molecule has 0 radical (unpaired) electrons. The maximum absolute atomic E-state index is 12.3. The predicted octanol–water partition coefficient (Wildman–Crippen LogP) is 0.318. The van der Waals surface area contributed by atoms with Crippen LogP contribution in [0.2, 0.25) is 0 Å². The summed E-state index contributed by atoms with van der Waals surface area (Å²) in [5, 5.41) is 0. The zero-order valence-corrected chi connectivity index (χ0v) is 10.6. The van der Waals surface area contributed by atoms with Gasteiger partial charge in [-0.25, -0.2) is 8.42 Å². The van der Waals surface area contributed by atoms with Crippen LogP contribution in [0.3, 0.4) is 0 Å². The highest BCUT2D eigenvalue weighted by Crippen LogP contribution is 2.21. The molecule has 0 aliphatic carbocycles. The highest BCUT2D eigenvalue weighted by atomic mass is 32.2. The molecule has 18 heavy (non-hydrogen) atoms. The summed E-state index contributed by atoms with van der Waals surface area (Å²) in [6, 6.07) is 0. The van der Waals surface area contributed by atoms with Gasteiger partial charge in [0.15, 0.2) is 0 Å². The summed E-state index contributed by atoms with van der Waals surface area (Å²) in [7, 11) is -3.99. The van der Waals surface area contributed by atoms with Gasteiger partial charge >= 0.3 is 6.18 Å². The second kappa shape index (κ2) is 6.18. The van der Waals surface area contributed by atoms with Crippen LogP contribution in [0.4, 0.5) is 13.2 Å². The van der Waals surface area contributed by atoms with Gasteiger partial charge in [0.05, 0.1) is 11.9 Å². The monoisotopic (exact) mass is 290 g/mol. The minimum absolute atomic E-state index is 0.152. The Hall–Kier alpha value is -0.380. The van der Waals surface area contributed by atoms with Crippen LogP contribution >= 0.6 is 0 Å². The lowest BCUT2D eigenvalue weighted by Gasteiger charge is -2.24. The minimum atomic E-state index is -4.57. The number of halogens is 3. The van der Waals surface area contributed by atoms with E-state index < -0.39 is 34.6 Å². The molecule has 1 heterocycles. The summed E-state index contributed by atoms with van der Waals surface area (Å²) in [5.41, 5.74) is 5.15. The predicted molar refractivity (Wildman–Crippen MR) is 59.4 cm³/mol. The molecule has 1 aliphatic rings. The fourth-order valence-electron chi connectivity index (χ4n) is 1.78. The molecule has 108 valence electrons. The quantitative estimate of drug-likeness (QED) is 0.764. The van der Waals surface area contributed by atoms with E-state index in [-0.39, 0.29) is 13.1 Å². The van der Waals surface area contributed by atoms with Crippen molar-refractivity contribution >= 4 is 10.0 Å². The van der Waals surface area contributed by atoms with Crippen LogP contribution in [0.25, 0.3) is 0 Å². The molecule has 1 fully saturated rings. The normalized spacial score (nSPS) is 21.7. The highest BCUT2D eigenvalue weighted by molar-refractivity contribution is 7.89. The molecule has 9 heteroatoms. The van der Waals surface area contributed by atoms with Gasteiger partial charge in [0.25, 0.3) is 0 Å². The van der Waals surface area contributed by atoms with Crippen molar-refractivity contribution in [1.82, 2.24) is 4.31 Å². The maximum atomic E-state index is 12.3. The Morgan fingerprint density at radius 1 is 1.39 bits per heavy atom. The molecule has 5 nitrogen and oxygen atoms in total. The lowest BCUT2D eigenvalue weighted by Crippen LogP contribution is -2.44. The van der Waals surface area contributed by atoms with E-state index in [4.69, 9.17) is 10.5 Å². The zero-order valence-electron chi connectivity index (χ0n) is 9.82. The van der Waals surface area contributed by atoms with Crippen LogP contribution in [0, 0.1) is 0 Å². The van der Waals surface area contributed by atoms with Gasteiger partial charge in [-0.15, -0.1) is 0 Å². The Kier molecular flexibility index (Phi) is 5.38. The minimum Gasteiger partial charge on any atom is -0.377 e. The second-order valence-corrected chi connectivity index (χ2v) is 6.16. The van der Waals surface area contributed by atoms with E-state index in [2.05, 4.69) is 0 Å². The third kappa shape index (κ3) is 5.09. The van der Waals surface area contributed by atoms with Crippen LogP contribution in [0.1, 0.15) is 12.8 Å². The number of ether oxygens (including phenoxy) is 1. The van der Waals surface area contributed by atoms with E-state index in [1.807, 2.05) is 0 Å². The van der Waals surface area contributed by atoms with E-state index >= 15 is 0 Å². The first-order valence-corrected chi connectivity index (χ1v) is 7.22. The average molecular weight is 290 g/mol. The average Bonchev–Trinajstić information content (AvgIpc) is 2.67. The van der Waals surface area contributed by atoms with Gasteiger partial charge in [-0.05, 0) is 12.8 Å². The van der Waals surface area contributed by atoms with Gasteiger partial charge < -0.3 is 10.5 Å². The van der Waals surface area contributed by atoms with Crippen molar-refractivity contribution in [1.29, 1.82) is 0 Å². The third-order valence-electron chi connectivity index (χ3n) is 2.55. The summed E-state index contributed by atoms with van der Waals surface area (Å²) < 4.78 is 66.1. The Bertz CT molecular complexity index is 353. The molecule has 0 aromatic heterocycles. The van der Waals surface area contributed by atoms with Gasteiger partial charge in [-0.1, -0.05) is 0 Å². The van der Waals surface area contributed by atoms with E-state index in [9.17, 15) is 21.6 Å². The van der Waals surface area contributed by atoms with E-state index in [0.29, 0.717) is 17.3 Å². The van der Waals surface area contributed by atoms with E-state index in [1.54, 1.807) is 0 Å². The molecule has 1 aliphatic heterocycles. The van der Waals surface area contributed by atoms with Gasteiger partial charge in [-0.3, -0.25) is 0 Å². The van der Waals surface area contributed by atoms with Gasteiger partial charge in [0.2, 0.25) is 10.0 Å². The molecule has 1 rings (SSSR count). The largest absolute Gasteiger partial charge is 0.402 e. The van der Waals surface area contributed by atoms with Gasteiger partial charge in [-0.2, -0.15) is 17.5 Å². The van der Waals surface area contributed by atoms with Crippen molar-refractivity contribution in [2.75, 3.05) is 32.0 Å². The van der Waals surface area contributed by atoms with Crippen LogP contribution in [0.5, 0.6) is 0 Å². The Morgan fingerprint density at radius 2 is 2.06 bits per heavy atom. The summed E-state index contributed by atoms with van der Waals surface area (Å²) in [6.07, 6.45) is -3.79. The Balaban J connectivity index is 2.69. The summed E-state index contributed by atoms with van der Waals surface area (Å²) in [4.78, 5) is 0. The van der Waals surface area contributed by atoms with E-state index in [1.165, 1.54) is 0 Å². The number of rotatable bonds is 6. The first-order chi connectivity index (χ1) is 8.24. The van der Waals surface area contributed by atoms with Crippen LogP contribution in [0.15, 0.2) is 0 Å². The number of alkyl halides is 3. The molecule has 0 amide bonds. The molecule has 0 bridgehead atoms. The molecule has 1 saturated heterocycles. The van der Waals surface area contributed by atoms with Crippen molar-refractivity contribution in [3.05, 3.63) is 0 Å². The summed E-state index contributed by atoms with van der Waals surface area (Å²) in [5.74, 6) is -0.414. The molecule has 0 spiro atoms. The lowest BCUT2D eigenvalue weighted by molar-refractivity contribution is -0.136. The third-order valence-corrected chi connectivity index (χ3v) is 4.44. The molecule has 0 aromatic rings. The van der Waals surface area contributed by atoms with Crippen molar-refractivity contribution in [3.63, 3.8) is 0 Å². The van der Waals surface area contributed by atoms with E-state index in [0.717, 1.165) is 6.42 Å². The number of nitrogens with zero attached hydrogens (tertiary/aromatic N) is 1. The highest BCUT2D eigenvalue weighted by Gasteiger charge is 2.37. The van der Waals surface area contributed by atoms with Crippen LogP contribution in [-0.2, 0) is 14.8 Å². The molecule has 2 N–H and O–H groups in total. The topological polar surface area (TPSA) is 72.6 Å². The van der Waals surface area contributed by atoms with Crippen molar-refractivity contribution in [2.24, 2.45) is 5.73 Å². The Labute approximate surface area is 104 Å². The molecule has 1 unspecified atom stereocenters. The SMILES string of the molecule is NCCN(CC(F)(F)F)S(=O)(=O)CC1CCCO1. The smallest absolute Gasteiger partial charge is 0.377 e. The lowest BCUT2D eigenvalue weighted by atomic mass is 10.3. The first kappa shape index (κ1) is 15.7. The molecule has 1 atom stereocenters. The van der Waals surface area contributed by atoms with Gasteiger partial charge in [0.1, 0.15) is 6.54 Å². The summed E-state index contributed by atoms with van der Waals surface area (Å²) in [6.45, 7) is -1.54. The molecule has 0 aromatic carbocycles. The molecular formula is C9H17F3N2O3S. The summed E-state index contributed by atoms with van der Waals surface area (Å²) >= 11 is 0. The van der Waals surface area contributed by atoms with Gasteiger partial charge in [0, 0.05) is 19.7 Å². The first-order valence-electron chi connectivity index (χ1n) is 5.61. The van der Waals surface area contributed by atoms with Crippen molar-refractivity contribution < 1.29 is 26.3 Å². The van der Waals surface area contributed by atoms with Crippen LogP contribution < -0.4 is 5.73 Å². The Morgan fingerprint density at radius 3 is 2.50 bits per heavy atom. The molecule has 0 saturated carbocycles. The fraction of sp³-hybridized carbons (Fsp3) is 1.00. The number of nitrogens with two attached hydrogens (primary N) is 1. The van der Waals surface area contributed by atoms with Crippen LogP contribution in [-0.4, -0.2) is 57.0 Å². The fourth-order valence-corrected chi connectivity index (χ4v) is 3.45. The standard InChI is InChI=1S/C9H17F3N2O3S/c10-9(11,12)7-14(4-3-13)18(15,16)6-8-2-1-5-17-8/h8H,1-7,13H2. The number of hydrogen-bond donors (Lipinski definition) is 1. The van der Waals surface area contributed by atoms with Crippen molar-refractivity contribution in [3.8, 4) is 0 Å². The second-order valence-electron chi connectivity index (χ2n) is 4.15. The number of hydrogen-bond acceptors (Lipinski definition) is 4. The molecular weight excluding hydrogens is 273 g/mol. The zero-order chi connectivity index (χ0) is 13.8. The van der Waals surface area contributed by atoms with Crippen molar-refractivity contribution in [2.45, 2.75) is 25.1 Å².